The number of amides is 1. The molecule has 0 saturated heterocycles. The van der Waals surface area contributed by atoms with Crippen molar-refractivity contribution < 1.29 is 13.2 Å². The molecule has 0 bridgehead atoms. The Hall–Kier alpha value is -2.45. The van der Waals surface area contributed by atoms with Crippen molar-refractivity contribution in [2.45, 2.75) is 13.3 Å². The van der Waals surface area contributed by atoms with Gasteiger partial charge < -0.3 is 0 Å². The summed E-state index contributed by atoms with van der Waals surface area (Å²) in [6, 6.07) is 12.6. The van der Waals surface area contributed by atoms with E-state index in [1.54, 1.807) is 24.3 Å². The minimum atomic E-state index is -3.47. The molecule has 1 aromatic heterocycles. The number of carbonyl (C=O) groups is 1. The zero-order chi connectivity index (χ0) is 18.9. The largest absolute Gasteiger partial charge is 0.298 e. The molecular formula is C18H19N3O3S2. The average molecular weight is 390 g/mol. The molecule has 0 aliphatic rings. The molecule has 0 aliphatic heterocycles. The molecular weight excluding hydrogens is 370 g/mol. The van der Waals surface area contributed by atoms with Crippen molar-refractivity contribution in [2.75, 3.05) is 22.9 Å². The predicted octanol–water partition coefficient (Wildman–Crippen LogP) is 3.51. The van der Waals surface area contributed by atoms with Gasteiger partial charge in [0.25, 0.3) is 5.91 Å². The second-order valence-corrected chi connectivity index (χ2v) is 8.92. The van der Waals surface area contributed by atoms with E-state index in [1.165, 1.54) is 23.9 Å². The predicted molar refractivity (Wildman–Crippen MR) is 107 cm³/mol. The van der Waals surface area contributed by atoms with Crippen molar-refractivity contribution in [1.82, 2.24) is 4.98 Å². The number of nitrogens with one attached hydrogen (secondary N) is 1. The van der Waals surface area contributed by atoms with Gasteiger partial charge in [-0.05, 0) is 36.2 Å². The molecule has 1 heterocycles. The van der Waals surface area contributed by atoms with Gasteiger partial charge in [0.15, 0.2) is 5.13 Å². The highest BCUT2D eigenvalue weighted by molar-refractivity contribution is 7.92. The van der Waals surface area contributed by atoms with Crippen molar-refractivity contribution in [3.63, 3.8) is 0 Å². The van der Waals surface area contributed by atoms with Crippen LogP contribution >= 0.6 is 11.3 Å². The lowest BCUT2D eigenvalue weighted by Gasteiger charge is -2.19. The summed E-state index contributed by atoms with van der Waals surface area (Å²) in [5.74, 6) is -0.397. The van der Waals surface area contributed by atoms with E-state index in [4.69, 9.17) is 0 Å². The molecule has 0 unspecified atom stereocenters. The standard InChI is InChI=1S/C18H19N3O3S2/c1-4-12-9-10-14-16(11-12)25-18(19-14)20-17(22)13-7-5-6-8-15(13)21(2)26(3,23)24/h5-11H,4H2,1-3H3,(H,19,20,22). The van der Waals surface area contributed by atoms with Crippen LogP contribution in [-0.4, -0.2) is 32.6 Å². The lowest BCUT2D eigenvalue weighted by Crippen LogP contribution is -2.27. The first-order valence-corrected chi connectivity index (χ1v) is 10.7. The quantitative estimate of drug-likeness (QED) is 0.724. The first-order valence-electron chi connectivity index (χ1n) is 8.03. The van der Waals surface area contributed by atoms with Crippen LogP contribution in [0.15, 0.2) is 42.5 Å². The highest BCUT2D eigenvalue weighted by atomic mass is 32.2. The smallest absolute Gasteiger partial charge is 0.259 e. The summed E-state index contributed by atoms with van der Waals surface area (Å²) in [7, 11) is -2.05. The van der Waals surface area contributed by atoms with E-state index >= 15 is 0 Å². The third-order valence-electron chi connectivity index (χ3n) is 4.07. The number of hydrogen-bond donors (Lipinski definition) is 1. The molecule has 0 fully saturated rings. The number of carbonyl (C=O) groups excluding carboxylic acids is 1. The van der Waals surface area contributed by atoms with Crippen LogP contribution < -0.4 is 9.62 Å². The Labute approximate surface area is 156 Å². The Balaban J connectivity index is 1.91. The number of aromatic nitrogens is 1. The number of fused-ring (bicyclic) bond motifs is 1. The van der Waals surface area contributed by atoms with Crippen LogP contribution in [0.4, 0.5) is 10.8 Å². The van der Waals surface area contributed by atoms with Gasteiger partial charge in [-0.2, -0.15) is 0 Å². The topological polar surface area (TPSA) is 79.4 Å². The van der Waals surface area contributed by atoms with Crippen LogP contribution in [-0.2, 0) is 16.4 Å². The fourth-order valence-corrected chi connectivity index (χ4v) is 3.97. The summed E-state index contributed by atoms with van der Waals surface area (Å²) in [5.41, 5.74) is 2.62. The Morgan fingerprint density at radius 3 is 2.65 bits per heavy atom. The van der Waals surface area contributed by atoms with Crippen LogP contribution in [0.1, 0.15) is 22.8 Å². The first-order chi connectivity index (χ1) is 12.3. The van der Waals surface area contributed by atoms with Gasteiger partial charge in [0.2, 0.25) is 10.0 Å². The van der Waals surface area contributed by atoms with Crippen LogP contribution in [0.25, 0.3) is 10.2 Å². The van der Waals surface area contributed by atoms with Crippen molar-refractivity contribution in [3.05, 3.63) is 53.6 Å². The van der Waals surface area contributed by atoms with Crippen molar-refractivity contribution in [3.8, 4) is 0 Å². The maximum atomic E-state index is 12.7. The maximum Gasteiger partial charge on any atom is 0.259 e. The molecule has 6 nitrogen and oxygen atoms in total. The number of nitrogens with zero attached hydrogens (tertiary/aromatic N) is 2. The Morgan fingerprint density at radius 2 is 1.96 bits per heavy atom. The molecule has 8 heteroatoms. The summed E-state index contributed by atoms with van der Waals surface area (Å²) in [6.07, 6.45) is 2.03. The Bertz CT molecular complexity index is 1070. The Kier molecular flexibility index (Phi) is 4.97. The summed E-state index contributed by atoms with van der Waals surface area (Å²) in [6.45, 7) is 2.08. The first kappa shape index (κ1) is 18.3. The zero-order valence-electron chi connectivity index (χ0n) is 14.7. The number of aryl methyl sites for hydroxylation is 1. The fourth-order valence-electron chi connectivity index (χ4n) is 2.53. The van der Waals surface area contributed by atoms with E-state index in [0.717, 1.165) is 27.2 Å². The maximum absolute atomic E-state index is 12.7. The number of para-hydroxylation sites is 1. The van der Waals surface area contributed by atoms with Gasteiger partial charge in [0, 0.05) is 7.05 Å². The molecule has 0 spiro atoms. The summed E-state index contributed by atoms with van der Waals surface area (Å²) >= 11 is 1.39. The molecule has 0 saturated carbocycles. The van der Waals surface area contributed by atoms with Crippen molar-refractivity contribution >= 4 is 48.3 Å². The number of sulfonamides is 1. The van der Waals surface area contributed by atoms with E-state index in [9.17, 15) is 13.2 Å². The van der Waals surface area contributed by atoms with Gasteiger partial charge in [0.05, 0.1) is 27.7 Å². The van der Waals surface area contributed by atoms with Crippen LogP contribution in [0, 0.1) is 0 Å². The lowest BCUT2D eigenvalue weighted by molar-refractivity contribution is 0.102. The summed E-state index contributed by atoms with van der Waals surface area (Å²) in [4.78, 5) is 17.1. The number of rotatable bonds is 5. The monoisotopic (exact) mass is 389 g/mol. The minimum absolute atomic E-state index is 0.272. The van der Waals surface area contributed by atoms with Gasteiger partial charge in [-0.25, -0.2) is 13.4 Å². The van der Waals surface area contributed by atoms with Gasteiger partial charge in [-0.15, -0.1) is 0 Å². The summed E-state index contributed by atoms with van der Waals surface area (Å²) < 4.78 is 25.7. The normalized spacial score (nSPS) is 11.5. The highest BCUT2D eigenvalue weighted by Gasteiger charge is 2.20. The third kappa shape index (κ3) is 3.71. The molecule has 1 N–H and O–H groups in total. The van der Waals surface area contributed by atoms with E-state index in [0.29, 0.717) is 10.8 Å². The van der Waals surface area contributed by atoms with Crippen molar-refractivity contribution in [1.29, 1.82) is 0 Å². The van der Waals surface area contributed by atoms with Crippen molar-refractivity contribution in [2.24, 2.45) is 0 Å². The van der Waals surface area contributed by atoms with Crippen LogP contribution in [0.3, 0.4) is 0 Å². The second-order valence-electron chi connectivity index (χ2n) is 5.88. The van der Waals surface area contributed by atoms with Gasteiger partial charge in [-0.3, -0.25) is 14.4 Å². The fraction of sp³-hybridized carbons (Fsp3) is 0.222. The van der Waals surface area contributed by atoms with Gasteiger partial charge in [-0.1, -0.05) is 36.5 Å². The van der Waals surface area contributed by atoms with Gasteiger partial charge in [0.1, 0.15) is 0 Å². The number of benzene rings is 2. The van der Waals surface area contributed by atoms with Crippen LogP contribution in [0.5, 0.6) is 0 Å². The second kappa shape index (κ2) is 7.05. The number of anilines is 2. The molecule has 2 aromatic carbocycles. The number of thiazole rings is 1. The third-order valence-corrected chi connectivity index (χ3v) is 6.19. The molecule has 0 atom stereocenters. The van der Waals surface area contributed by atoms with Crippen LogP contribution in [0.2, 0.25) is 0 Å². The van der Waals surface area contributed by atoms with E-state index in [-0.39, 0.29) is 5.56 Å². The molecule has 0 radical (unpaired) electrons. The molecule has 3 rings (SSSR count). The number of hydrogen-bond acceptors (Lipinski definition) is 5. The molecule has 136 valence electrons. The SMILES string of the molecule is CCc1ccc2nc(NC(=O)c3ccccc3N(C)S(C)(=O)=O)sc2c1. The minimum Gasteiger partial charge on any atom is -0.298 e. The van der Waals surface area contributed by atoms with E-state index in [1.807, 2.05) is 12.1 Å². The molecule has 3 aromatic rings. The lowest BCUT2D eigenvalue weighted by atomic mass is 10.1. The summed E-state index contributed by atoms with van der Waals surface area (Å²) in [5, 5.41) is 3.26. The van der Waals surface area contributed by atoms with Gasteiger partial charge >= 0.3 is 0 Å². The van der Waals surface area contributed by atoms with E-state index in [2.05, 4.69) is 23.3 Å². The molecule has 0 aliphatic carbocycles. The zero-order valence-corrected chi connectivity index (χ0v) is 16.3. The molecule has 1 amide bonds. The van der Waals surface area contributed by atoms with E-state index < -0.39 is 15.9 Å². The highest BCUT2D eigenvalue weighted by Crippen LogP contribution is 2.28. The Morgan fingerprint density at radius 1 is 1.23 bits per heavy atom. The molecule has 26 heavy (non-hydrogen) atoms. The average Bonchev–Trinajstić information content (AvgIpc) is 3.01.